The van der Waals surface area contributed by atoms with E-state index in [9.17, 15) is 19.2 Å². The number of amides is 4. The second kappa shape index (κ2) is 14.2. The smallest absolute Gasteiger partial charge is 0.266 e. The molecular formula is C36H38N6O4S2. The van der Waals surface area contributed by atoms with Crippen LogP contribution in [0.5, 0.6) is 0 Å². The van der Waals surface area contributed by atoms with E-state index in [2.05, 4.69) is 20.6 Å². The lowest BCUT2D eigenvalue weighted by molar-refractivity contribution is -0.120. The van der Waals surface area contributed by atoms with Crippen LogP contribution in [0.3, 0.4) is 0 Å². The minimum absolute atomic E-state index is 0.128. The van der Waals surface area contributed by atoms with Crippen LogP contribution in [0.4, 0.5) is 11.4 Å². The SMILES string of the molecule is Cc1nc(C)c(C(=O)N2CCC[C@H]2C(=O)Nc2ccc(/C=C/c3ccc(NC(=O)[C@@H]4CCCN4C(=O)c4sc(C)nc4C)cc3)cc2)s1. The molecule has 12 heteroatoms. The molecule has 248 valence electrons. The number of nitrogens with zero attached hydrogens (tertiary/aromatic N) is 4. The summed E-state index contributed by atoms with van der Waals surface area (Å²) < 4.78 is 0. The van der Waals surface area contributed by atoms with Gasteiger partial charge in [0.25, 0.3) is 11.8 Å². The van der Waals surface area contributed by atoms with E-state index in [0.29, 0.717) is 58.4 Å². The molecule has 2 N–H and O–H groups in total. The van der Waals surface area contributed by atoms with Crippen molar-refractivity contribution >= 4 is 69.8 Å². The van der Waals surface area contributed by atoms with Gasteiger partial charge in [0, 0.05) is 24.5 Å². The summed E-state index contributed by atoms with van der Waals surface area (Å²) in [7, 11) is 0. The first-order valence-corrected chi connectivity index (χ1v) is 17.7. The summed E-state index contributed by atoms with van der Waals surface area (Å²) in [6.45, 7) is 8.52. The molecule has 2 saturated heterocycles. The maximum Gasteiger partial charge on any atom is 0.266 e. The summed E-state index contributed by atoms with van der Waals surface area (Å²) in [6.07, 6.45) is 6.77. The Morgan fingerprint density at radius 3 is 1.35 bits per heavy atom. The third-order valence-corrected chi connectivity index (χ3v) is 10.8. The number of thiazole rings is 2. The predicted octanol–water partition coefficient (Wildman–Crippen LogP) is 6.49. The van der Waals surface area contributed by atoms with Gasteiger partial charge in [0.1, 0.15) is 21.8 Å². The molecule has 0 saturated carbocycles. The first kappa shape index (κ1) is 33.2. The Balaban J connectivity index is 1.02. The fourth-order valence-corrected chi connectivity index (χ4v) is 8.04. The number of likely N-dealkylation sites (tertiary alicyclic amines) is 2. The predicted molar refractivity (Wildman–Crippen MR) is 190 cm³/mol. The molecule has 2 aromatic heterocycles. The molecule has 2 fully saturated rings. The minimum Gasteiger partial charge on any atom is -0.326 e. The van der Waals surface area contributed by atoms with Crippen LogP contribution < -0.4 is 10.6 Å². The van der Waals surface area contributed by atoms with Gasteiger partial charge in [-0.05, 0) is 88.8 Å². The highest BCUT2D eigenvalue weighted by molar-refractivity contribution is 7.14. The number of hydrogen-bond donors (Lipinski definition) is 2. The summed E-state index contributed by atoms with van der Waals surface area (Å²) in [5.74, 6) is -0.632. The number of rotatable bonds is 8. The van der Waals surface area contributed by atoms with Crippen LogP contribution in [0, 0.1) is 27.7 Å². The lowest BCUT2D eigenvalue weighted by atomic mass is 10.1. The highest BCUT2D eigenvalue weighted by atomic mass is 32.1. The van der Waals surface area contributed by atoms with Crippen molar-refractivity contribution < 1.29 is 19.2 Å². The van der Waals surface area contributed by atoms with Crippen molar-refractivity contribution in [3.63, 3.8) is 0 Å². The molecule has 2 aliphatic heterocycles. The zero-order chi connectivity index (χ0) is 33.9. The molecule has 6 rings (SSSR count). The maximum absolute atomic E-state index is 13.2. The van der Waals surface area contributed by atoms with Crippen molar-refractivity contribution in [1.82, 2.24) is 19.8 Å². The van der Waals surface area contributed by atoms with Gasteiger partial charge in [-0.1, -0.05) is 36.4 Å². The van der Waals surface area contributed by atoms with E-state index in [4.69, 9.17) is 0 Å². The zero-order valence-electron chi connectivity index (χ0n) is 27.4. The maximum atomic E-state index is 13.2. The Morgan fingerprint density at radius 1 is 0.646 bits per heavy atom. The molecule has 4 amide bonds. The van der Waals surface area contributed by atoms with Gasteiger partial charge < -0.3 is 20.4 Å². The van der Waals surface area contributed by atoms with Crippen molar-refractivity contribution in [2.75, 3.05) is 23.7 Å². The normalized spacial score (nSPS) is 17.7. The summed E-state index contributed by atoms with van der Waals surface area (Å²) in [5, 5.41) is 7.63. The Hall–Kier alpha value is -4.68. The summed E-state index contributed by atoms with van der Waals surface area (Å²) in [4.78, 5) is 65.9. The third kappa shape index (κ3) is 7.24. The fourth-order valence-electron chi connectivity index (χ4n) is 6.28. The Bertz CT molecular complexity index is 1740. The van der Waals surface area contributed by atoms with Crippen molar-refractivity contribution in [1.29, 1.82) is 0 Å². The second-order valence-electron chi connectivity index (χ2n) is 12.2. The van der Waals surface area contributed by atoms with Crippen molar-refractivity contribution in [3.8, 4) is 0 Å². The van der Waals surface area contributed by atoms with Crippen LogP contribution in [-0.2, 0) is 9.59 Å². The fraction of sp³-hybridized carbons (Fsp3) is 0.333. The second-order valence-corrected chi connectivity index (χ2v) is 14.6. The Labute approximate surface area is 287 Å². The zero-order valence-corrected chi connectivity index (χ0v) is 29.0. The lowest BCUT2D eigenvalue weighted by Gasteiger charge is -2.23. The van der Waals surface area contributed by atoms with E-state index in [1.807, 2.05) is 88.4 Å². The van der Waals surface area contributed by atoms with Gasteiger partial charge in [-0.3, -0.25) is 19.2 Å². The standard InChI is InChI=1S/C36H38N6O4S2/c1-21-31(47-23(3)37-21)35(45)41-19-5-7-29(41)33(43)39-27-15-11-25(12-16-27)9-10-26-13-17-28(18-14-26)40-34(44)30-8-6-20-42(30)36(46)32-22(2)38-24(4)48-32/h9-18,29-30H,5-8,19-20H2,1-4H3,(H,39,43)(H,40,44)/b10-9+/t29-,30-/m0/s1. The van der Waals surface area contributed by atoms with Crippen molar-refractivity contribution in [2.45, 2.75) is 65.5 Å². The number of benzene rings is 2. The molecule has 4 heterocycles. The number of carbonyl (C=O) groups is 4. The Kier molecular flexibility index (Phi) is 9.83. The first-order chi connectivity index (χ1) is 23.1. The molecule has 0 bridgehead atoms. The number of hydrogen-bond acceptors (Lipinski definition) is 8. The van der Waals surface area contributed by atoms with Gasteiger partial charge in [0.05, 0.1) is 21.4 Å². The molecular weight excluding hydrogens is 645 g/mol. The average Bonchev–Trinajstić information content (AvgIpc) is 3.88. The topological polar surface area (TPSA) is 125 Å². The van der Waals surface area contributed by atoms with E-state index in [1.165, 1.54) is 22.7 Å². The van der Waals surface area contributed by atoms with Crippen LogP contribution >= 0.6 is 22.7 Å². The number of nitrogens with one attached hydrogen (secondary N) is 2. The van der Waals surface area contributed by atoms with Gasteiger partial charge >= 0.3 is 0 Å². The molecule has 2 atom stereocenters. The quantitative estimate of drug-likeness (QED) is 0.205. The molecule has 4 aromatic rings. The van der Waals surface area contributed by atoms with Crippen LogP contribution in [-0.4, -0.2) is 68.6 Å². The molecule has 2 aromatic carbocycles. The van der Waals surface area contributed by atoms with Crippen LogP contribution in [0.2, 0.25) is 0 Å². The lowest BCUT2D eigenvalue weighted by Crippen LogP contribution is -2.43. The van der Waals surface area contributed by atoms with E-state index in [0.717, 1.165) is 34.0 Å². The van der Waals surface area contributed by atoms with Gasteiger partial charge in [-0.2, -0.15) is 0 Å². The molecule has 2 aliphatic rings. The highest BCUT2D eigenvalue weighted by Gasteiger charge is 2.37. The summed E-state index contributed by atoms with van der Waals surface area (Å²) >= 11 is 2.74. The van der Waals surface area contributed by atoms with Gasteiger partial charge in [-0.15, -0.1) is 22.7 Å². The molecule has 0 radical (unpaired) electrons. The van der Waals surface area contributed by atoms with E-state index in [-0.39, 0.29) is 23.6 Å². The van der Waals surface area contributed by atoms with E-state index < -0.39 is 12.1 Å². The van der Waals surface area contributed by atoms with E-state index in [1.54, 1.807) is 9.80 Å². The monoisotopic (exact) mass is 682 g/mol. The third-order valence-electron chi connectivity index (χ3n) is 8.65. The largest absolute Gasteiger partial charge is 0.326 e. The van der Waals surface area contributed by atoms with Crippen LogP contribution in [0.15, 0.2) is 48.5 Å². The minimum atomic E-state index is -0.511. The number of carbonyl (C=O) groups excluding carboxylic acids is 4. The highest BCUT2D eigenvalue weighted by Crippen LogP contribution is 2.28. The van der Waals surface area contributed by atoms with Crippen molar-refractivity contribution in [3.05, 3.63) is 90.8 Å². The summed E-state index contributed by atoms with van der Waals surface area (Å²) in [5.41, 5.74) is 4.66. The number of aryl methyl sites for hydroxylation is 4. The van der Waals surface area contributed by atoms with Crippen LogP contribution in [0.25, 0.3) is 12.2 Å². The molecule has 0 aliphatic carbocycles. The number of anilines is 2. The first-order valence-electron chi connectivity index (χ1n) is 16.1. The van der Waals surface area contributed by atoms with Gasteiger partial charge in [-0.25, -0.2) is 9.97 Å². The van der Waals surface area contributed by atoms with Gasteiger partial charge in [0.2, 0.25) is 11.8 Å². The van der Waals surface area contributed by atoms with Crippen LogP contribution in [0.1, 0.15) is 77.6 Å². The van der Waals surface area contributed by atoms with Gasteiger partial charge in [0.15, 0.2) is 0 Å². The molecule has 10 nitrogen and oxygen atoms in total. The summed E-state index contributed by atoms with van der Waals surface area (Å²) in [6, 6.07) is 14.1. The average molecular weight is 683 g/mol. The molecule has 48 heavy (non-hydrogen) atoms. The number of aromatic nitrogens is 2. The van der Waals surface area contributed by atoms with E-state index >= 15 is 0 Å². The Morgan fingerprint density at radius 2 is 1.02 bits per heavy atom. The van der Waals surface area contributed by atoms with Crippen molar-refractivity contribution in [2.24, 2.45) is 0 Å². The molecule has 0 unspecified atom stereocenters. The molecule has 0 spiro atoms.